The minimum atomic E-state index is -0.171. The molecule has 27 heavy (non-hydrogen) atoms. The van der Waals surface area contributed by atoms with Gasteiger partial charge in [-0.25, -0.2) is 0 Å². The fourth-order valence-corrected chi connectivity index (χ4v) is 3.92. The molecule has 2 heterocycles. The smallest absolute Gasteiger partial charge is 0.258 e. The molecule has 140 valence electrons. The van der Waals surface area contributed by atoms with Crippen LogP contribution in [0.5, 0.6) is 0 Å². The number of nitrogens with one attached hydrogen (secondary N) is 1. The van der Waals surface area contributed by atoms with Crippen molar-refractivity contribution in [1.82, 2.24) is 5.32 Å². The third-order valence-corrected chi connectivity index (χ3v) is 5.31. The zero-order valence-corrected chi connectivity index (χ0v) is 15.5. The topological polar surface area (TPSA) is 58.6 Å². The van der Waals surface area contributed by atoms with E-state index in [1.165, 1.54) is 5.56 Å². The number of hydrogen-bond donors (Lipinski definition) is 1. The maximum Gasteiger partial charge on any atom is 0.258 e. The van der Waals surface area contributed by atoms with Crippen molar-refractivity contribution in [2.45, 2.75) is 38.3 Å². The van der Waals surface area contributed by atoms with Crippen molar-refractivity contribution < 1.29 is 14.3 Å². The van der Waals surface area contributed by atoms with Crippen LogP contribution in [0.25, 0.3) is 0 Å². The summed E-state index contributed by atoms with van der Waals surface area (Å²) >= 11 is 0. The summed E-state index contributed by atoms with van der Waals surface area (Å²) in [6.45, 7) is 3.32. The summed E-state index contributed by atoms with van der Waals surface area (Å²) in [7, 11) is 0. The molecule has 1 saturated heterocycles. The summed E-state index contributed by atoms with van der Waals surface area (Å²) in [5, 5.41) is 2.91. The summed E-state index contributed by atoms with van der Waals surface area (Å²) < 4.78 is 5.54. The first-order chi connectivity index (χ1) is 13.1. The number of amides is 2. The highest BCUT2D eigenvalue weighted by Crippen LogP contribution is 2.33. The van der Waals surface area contributed by atoms with E-state index in [2.05, 4.69) is 18.3 Å². The molecule has 0 aliphatic carbocycles. The predicted molar refractivity (Wildman–Crippen MR) is 104 cm³/mol. The minimum Gasteiger partial charge on any atom is -0.376 e. The van der Waals surface area contributed by atoms with E-state index in [1.807, 2.05) is 23.1 Å². The molecule has 2 aliphatic heterocycles. The second-order valence-electron chi connectivity index (χ2n) is 7.28. The maximum absolute atomic E-state index is 13.1. The first-order valence-corrected chi connectivity index (χ1v) is 9.55. The van der Waals surface area contributed by atoms with Gasteiger partial charge in [-0.1, -0.05) is 24.3 Å². The molecule has 0 aromatic heterocycles. The number of para-hydroxylation sites is 1. The Labute approximate surface area is 159 Å². The van der Waals surface area contributed by atoms with Gasteiger partial charge in [0, 0.05) is 36.0 Å². The van der Waals surface area contributed by atoms with Gasteiger partial charge in [0.25, 0.3) is 11.8 Å². The van der Waals surface area contributed by atoms with Gasteiger partial charge in [-0.3, -0.25) is 9.59 Å². The number of ether oxygens (including phenoxy) is 1. The van der Waals surface area contributed by atoms with Gasteiger partial charge in [-0.15, -0.1) is 0 Å². The molecule has 1 N–H and O–H groups in total. The fraction of sp³-hybridized carbons (Fsp3) is 0.364. The van der Waals surface area contributed by atoms with Crippen LogP contribution in [0.1, 0.15) is 46.0 Å². The van der Waals surface area contributed by atoms with E-state index in [1.54, 1.807) is 24.3 Å². The molecule has 2 atom stereocenters. The summed E-state index contributed by atoms with van der Waals surface area (Å²) in [5.74, 6) is -0.240. The van der Waals surface area contributed by atoms with Gasteiger partial charge < -0.3 is 15.0 Å². The first kappa shape index (κ1) is 17.7. The highest BCUT2D eigenvalue weighted by molar-refractivity contribution is 6.09. The molecule has 5 heteroatoms. The van der Waals surface area contributed by atoms with Crippen molar-refractivity contribution in [3.8, 4) is 0 Å². The predicted octanol–water partition coefficient (Wildman–Crippen LogP) is 3.19. The average molecular weight is 364 g/mol. The van der Waals surface area contributed by atoms with Gasteiger partial charge >= 0.3 is 0 Å². The van der Waals surface area contributed by atoms with Crippen molar-refractivity contribution in [2.24, 2.45) is 0 Å². The van der Waals surface area contributed by atoms with Crippen molar-refractivity contribution in [2.75, 3.05) is 18.1 Å². The number of fused-ring (bicyclic) bond motifs is 1. The highest BCUT2D eigenvalue weighted by atomic mass is 16.5. The number of carbonyl (C=O) groups excluding carboxylic acids is 2. The molecule has 0 radical (unpaired) electrons. The van der Waals surface area contributed by atoms with Gasteiger partial charge in [-0.2, -0.15) is 0 Å². The number of rotatable bonds is 4. The SMILES string of the molecule is CC1Cc2ccccc2N1C(=O)c1cccc(C(=O)NCC2CCCO2)c1. The average Bonchev–Trinajstić information content (AvgIpc) is 3.32. The van der Waals surface area contributed by atoms with E-state index in [4.69, 9.17) is 4.74 Å². The summed E-state index contributed by atoms with van der Waals surface area (Å²) in [5.41, 5.74) is 3.18. The van der Waals surface area contributed by atoms with E-state index in [0.29, 0.717) is 17.7 Å². The lowest BCUT2D eigenvalue weighted by Gasteiger charge is -2.23. The van der Waals surface area contributed by atoms with Gasteiger partial charge in [0.15, 0.2) is 0 Å². The Morgan fingerprint density at radius 2 is 1.96 bits per heavy atom. The number of carbonyl (C=O) groups is 2. The molecule has 2 unspecified atom stereocenters. The molecule has 0 saturated carbocycles. The monoisotopic (exact) mass is 364 g/mol. The van der Waals surface area contributed by atoms with Crippen molar-refractivity contribution in [3.63, 3.8) is 0 Å². The van der Waals surface area contributed by atoms with Gasteiger partial charge in [0.1, 0.15) is 0 Å². The number of anilines is 1. The molecule has 2 aromatic carbocycles. The van der Waals surface area contributed by atoms with E-state index in [-0.39, 0.29) is 24.0 Å². The van der Waals surface area contributed by atoms with Crippen LogP contribution in [-0.2, 0) is 11.2 Å². The van der Waals surface area contributed by atoms with Crippen molar-refractivity contribution >= 4 is 17.5 Å². The van der Waals surface area contributed by atoms with Crippen LogP contribution >= 0.6 is 0 Å². The zero-order chi connectivity index (χ0) is 18.8. The molecule has 0 spiro atoms. The Morgan fingerprint density at radius 1 is 1.15 bits per heavy atom. The molecule has 4 rings (SSSR count). The molecular formula is C22H24N2O3. The Balaban J connectivity index is 1.50. The molecule has 0 bridgehead atoms. The highest BCUT2D eigenvalue weighted by Gasteiger charge is 2.31. The Kier molecular flexibility index (Phi) is 4.94. The third-order valence-electron chi connectivity index (χ3n) is 5.31. The first-order valence-electron chi connectivity index (χ1n) is 9.55. The van der Waals surface area contributed by atoms with Gasteiger partial charge in [0.2, 0.25) is 0 Å². The van der Waals surface area contributed by atoms with Crippen LogP contribution < -0.4 is 10.2 Å². The van der Waals surface area contributed by atoms with Crippen LogP contribution in [0, 0.1) is 0 Å². The van der Waals surface area contributed by atoms with Crippen LogP contribution in [0.2, 0.25) is 0 Å². The van der Waals surface area contributed by atoms with E-state index in [9.17, 15) is 9.59 Å². The summed E-state index contributed by atoms with van der Waals surface area (Å²) in [4.78, 5) is 27.4. The number of benzene rings is 2. The quantitative estimate of drug-likeness (QED) is 0.906. The molecular weight excluding hydrogens is 340 g/mol. The number of hydrogen-bond acceptors (Lipinski definition) is 3. The molecule has 2 aliphatic rings. The second-order valence-corrected chi connectivity index (χ2v) is 7.28. The summed E-state index contributed by atoms with van der Waals surface area (Å²) in [6, 6.07) is 15.1. The van der Waals surface area contributed by atoms with E-state index in [0.717, 1.165) is 31.6 Å². The van der Waals surface area contributed by atoms with Crippen molar-refractivity contribution in [1.29, 1.82) is 0 Å². The molecule has 2 amide bonds. The lowest BCUT2D eigenvalue weighted by Crippen LogP contribution is -2.36. The lowest BCUT2D eigenvalue weighted by atomic mass is 10.1. The minimum absolute atomic E-state index is 0.0683. The van der Waals surface area contributed by atoms with Gasteiger partial charge in [0.05, 0.1) is 6.10 Å². The van der Waals surface area contributed by atoms with E-state index < -0.39 is 0 Å². The van der Waals surface area contributed by atoms with Gasteiger partial charge in [-0.05, 0) is 56.0 Å². The Morgan fingerprint density at radius 3 is 2.78 bits per heavy atom. The fourth-order valence-electron chi connectivity index (χ4n) is 3.92. The largest absolute Gasteiger partial charge is 0.376 e. The normalized spacial score (nSPS) is 21.1. The summed E-state index contributed by atoms with van der Waals surface area (Å²) in [6.07, 6.45) is 2.97. The van der Waals surface area contributed by atoms with Crippen LogP contribution in [0.15, 0.2) is 48.5 Å². The molecule has 5 nitrogen and oxygen atoms in total. The van der Waals surface area contributed by atoms with Crippen LogP contribution in [0.3, 0.4) is 0 Å². The van der Waals surface area contributed by atoms with Crippen molar-refractivity contribution in [3.05, 3.63) is 65.2 Å². The standard InChI is InChI=1S/C22H24N2O3/c1-15-12-16-6-2-3-10-20(16)24(15)22(26)18-8-4-7-17(13-18)21(25)23-14-19-9-5-11-27-19/h2-4,6-8,10,13,15,19H,5,9,11-12,14H2,1H3,(H,23,25). The molecule has 1 fully saturated rings. The maximum atomic E-state index is 13.1. The van der Waals surface area contributed by atoms with E-state index >= 15 is 0 Å². The zero-order valence-electron chi connectivity index (χ0n) is 15.5. The second kappa shape index (κ2) is 7.53. The Bertz CT molecular complexity index is 858. The Hall–Kier alpha value is -2.66. The molecule has 2 aromatic rings. The van der Waals surface area contributed by atoms with Crippen LogP contribution in [-0.4, -0.2) is 37.1 Å². The lowest BCUT2D eigenvalue weighted by molar-refractivity contribution is 0.0858. The third kappa shape index (κ3) is 3.60. The van der Waals surface area contributed by atoms with Crippen LogP contribution in [0.4, 0.5) is 5.69 Å². The number of nitrogens with zero attached hydrogens (tertiary/aromatic N) is 1.